The van der Waals surface area contributed by atoms with Crippen LogP contribution >= 0.6 is 0 Å². The van der Waals surface area contributed by atoms with Crippen molar-refractivity contribution >= 4 is 0 Å². The van der Waals surface area contributed by atoms with Crippen LogP contribution < -0.4 is 0 Å². The summed E-state index contributed by atoms with van der Waals surface area (Å²) in [7, 11) is 0. The van der Waals surface area contributed by atoms with Gasteiger partial charge in [-0.05, 0) is 23.1 Å². The third-order valence-corrected chi connectivity index (χ3v) is 6.90. The van der Waals surface area contributed by atoms with E-state index < -0.39 is 6.10 Å². The van der Waals surface area contributed by atoms with Gasteiger partial charge in [0, 0.05) is 6.54 Å². The van der Waals surface area contributed by atoms with Crippen molar-refractivity contribution in [2.24, 2.45) is 0 Å². The summed E-state index contributed by atoms with van der Waals surface area (Å²) in [5, 5.41) is 10.9. The zero-order chi connectivity index (χ0) is 23.2. The maximum absolute atomic E-state index is 10.9. The van der Waals surface area contributed by atoms with Crippen LogP contribution in [-0.2, 0) is 34.0 Å². The number of aliphatic hydroxyl groups is 1. The Bertz CT molecular complexity index is 1000. The Hall–Kier alpha value is -2.54. The van der Waals surface area contributed by atoms with Crippen molar-refractivity contribution in [2.75, 3.05) is 13.2 Å². The number of benzene rings is 3. The molecule has 0 amide bonds. The SMILES string of the molecule is O[C@H]1CCN2[C@@H]1[C@@H](OCc1ccccc1)[C@H](OCc1ccccc1)[C@H]2COCc1ccccc1. The summed E-state index contributed by atoms with van der Waals surface area (Å²) >= 11 is 0. The van der Waals surface area contributed by atoms with E-state index in [2.05, 4.69) is 41.3 Å². The first-order valence-electron chi connectivity index (χ1n) is 12.2. The fourth-order valence-electron chi connectivity index (χ4n) is 5.21. The number of aliphatic hydroxyl groups excluding tert-OH is 1. The molecule has 5 atom stereocenters. The lowest BCUT2D eigenvalue weighted by Gasteiger charge is -2.28. The minimum atomic E-state index is -0.428. The lowest BCUT2D eigenvalue weighted by Crippen LogP contribution is -2.42. The van der Waals surface area contributed by atoms with E-state index in [1.54, 1.807) is 0 Å². The van der Waals surface area contributed by atoms with Gasteiger partial charge in [-0.3, -0.25) is 4.90 Å². The summed E-state index contributed by atoms with van der Waals surface area (Å²) in [6, 6.07) is 30.6. The molecule has 0 radical (unpaired) electrons. The van der Waals surface area contributed by atoms with Crippen molar-refractivity contribution < 1.29 is 19.3 Å². The van der Waals surface area contributed by atoms with Crippen LogP contribution in [0, 0.1) is 0 Å². The third kappa shape index (κ3) is 5.40. The number of hydrogen-bond acceptors (Lipinski definition) is 5. The Balaban J connectivity index is 1.33. The minimum absolute atomic E-state index is 0.0235. The fraction of sp³-hybridized carbons (Fsp3) is 0.379. The average Bonchev–Trinajstić information content (AvgIpc) is 3.40. The average molecular weight is 460 g/mol. The van der Waals surface area contributed by atoms with Crippen molar-refractivity contribution in [1.29, 1.82) is 0 Å². The van der Waals surface area contributed by atoms with E-state index in [4.69, 9.17) is 14.2 Å². The maximum atomic E-state index is 10.9. The second-order valence-corrected chi connectivity index (χ2v) is 9.17. The van der Waals surface area contributed by atoms with Gasteiger partial charge >= 0.3 is 0 Å². The zero-order valence-corrected chi connectivity index (χ0v) is 19.4. The molecule has 2 fully saturated rings. The number of ether oxygens (including phenoxy) is 3. The van der Waals surface area contributed by atoms with E-state index in [1.807, 2.05) is 54.6 Å². The van der Waals surface area contributed by atoms with Crippen LogP contribution in [-0.4, -0.2) is 53.6 Å². The van der Waals surface area contributed by atoms with Gasteiger partial charge in [0.2, 0.25) is 0 Å². The highest BCUT2D eigenvalue weighted by molar-refractivity contribution is 5.17. The van der Waals surface area contributed by atoms with Crippen molar-refractivity contribution in [3.8, 4) is 0 Å². The van der Waals surface area contributed by atoms with Crippen molar-refractivity contribution in [2.45, 2.75) is 56.6 Å². The number of nitrogens with zero attached hydrogens (tertiary/aromatic N) is 1. The van der Waals surface area contributed by atoms with Gasteiger partial charge in [-0.15, -0.1) is 0 Å². The number of rotatable bonds is 10. The zero-order valence-electron chi connectivity index (χ0n) is 19.4. The number of hydrogen-bond donors (Lipinski definition) is 1. The van der Waals surface area contributed by atoms with Crippen LogP contribution in [0.3, 0.4) is 0 Å². The molecule has 2 saturated heterocycles. The van der Waals surface area contributed by atoms with Gasteiger partial charge in [0.15, 0.2) is 0 Å². The molecule has 2 aliphatic rings. The predicted molar refractivity (Wildman–Crippen MR) is 131 cm³/mol. The molecule has 3 aromatic rings. The normalized spacial score (nSPS) is 26.6. The third-order valence-electron chi connectivity index (χ3n) is 6.90. The molecule has 2 aliphatic heterocycles. The number of fused-ring (bicyclic) bond motifs is 1. The summed E-state index contributed by atoms with van der Waals surface area (Å²) in [6.45, 7) is 2.90. The summed E-state index contributed by atoms with van der Waals surface area (Å²) in [5.41, 5.74) is 3.39. The molecular formula is C29H33NO4. The summed E-state index contributed by atoms with van der Waals surface area (Å²) in [4.78, 5) is 2.35. The fourth-order valence-corrected chi connectivity index (χ4v) is 5.21. The highest BCUT2D eigenvalue weighted by Crippen LogP contribution is 2.38. The summed E-state index contributed by atoms with van der Waals surface area (Å²) < 4.78 is 19.2. The largest absolute Gasteiger partial charge is 0.391 e. The first-order valence-corrected chi connectivity index (χ1v) is 12.2. The smallest absolute Gasteiger partial charge is 0.104 e. The molecule has 0 aromatic heterocycles. The molecule has 34 heavy (non-hydrogen) atoms. The highest BCUT2D eigenvalue weighted by Gasteiger charge is 2.55. The highest BCUT2D eigenvalue weighted by atomic mass is 16.5. The lowest BCUT2D eigenvalue weighted by molar-refractivity contribution is -0.0948. The molecule has 1 N–H and O–H groups in total. The van der Waals surface area contributed by atoms with Gasteiger partial charge in [-0.25, -0.2) is 0 Å². The Morgan fingerprint density at radius 1 is 0.676 bits per heavy atom. The summed E-state index contributed by atoms with van der Waals surface area (Å²) in [5.74, 6) is 0. The minimum Gasteiger partial charge on any atom is -0.391 e. The Morgan fingerprint density at radius 2 is 1.18 bits per heavy atom. The maximum Gasteiger partial charge on any atom is 0.104 e. The lowest BCUT2D eigenvalue weighted by atomic mass is 10.0. The molecule has 3 aromatic carbocycles. The van der Waals surface area contributed by atoms with Crippen LogP contribution in [0.1, 0.15) is 23.1 Å². The topological polar surface area (TPSA) is 51.2 Å². The van der Waals surface area contributed by atoms with Crippen LogP contribution in [0.2, 0.25) is 0 Å². The second-order valence-electron chi connectivity index (χ2n) is 9.17. The molecule has 5 rings (SSSR count). The van der Waals surface area contributed by atoms with Gasteiger partial charge in [-0.2, -0.15) is 0 Å². The molecule has 0 bridgehead atoms. The summed E-state index contributed by atoms with van der Waals surface area (Å²) in [6.07, 6.45) is -0.106. The molecule has 2 heterocycles. The van der Waals surface area contributed by atoms with Gasteiger partial charge in [0.1, 0.15) is 12.2 Å². The van der Waals surface area contributed by atoms with Crippen LogP contribution in [0.5, 0.6) is 0 Å². The Kier molecular flexibility index (Phi) is 7.69. The van der Waals surface area contributed by atoms with Crippen LogP contribution in [0.15, 0.2) is 91.0 Å². The first kappa shape index (κ1) is 23.2. The van der Waals surface area contributed by atoms with E-state index in [1.165, 1.54) is 0 Å². The van der Waals surface area contributed by atoms with Crippen molar-refractivity contribution in [1.82, 2.24) is 4.90 Å². The Morgan fingerprint density at radius 3 is 1.74 bits per heavy atom. The van der Waals surface area contributed by atoms with Gasteiger partial charge in [-0.1, -0.05) is 91.0 Å². The van der Waals surface area contributed by atoms with Crippen LogP contribution in [0.25, 0.3) is 0 Å². The van der Waals surface area contributed by atoms with E-state index in [-0.39, 0.29) is 24.3 Å². The van der Waals surface area contributed by atoms with Gasteiger partial charge < -0.3 is 19.3 Å². The standard InChI is InChI=1S/C29H33NO4/c31-26-16-17-30-25(21-32-18-22-10-4-1-5-11-22)28(33-19-23-12-6-2-7-13-23)29(27(26)30)34-20-24-14-8-3-9-15-24/h1-15,25-29,31H,16-21H2/t25-,26+,27+,28-,29-/m1/s1. The molecule has 0 aliphatic carbocycles. The molecular weight excluding hydrogens is 426 g/mol. The molecule has 0 spiro atoms. The monoisotopic (exact) mass is 459 g/mol. The van der Waals surface area contributed by atoms with E-state index in [9.17, 15) is 5.11 Å². The van der Waals surface area contributed by atoms with E-state index >= 15 is 0 Å². The molecule has 178 valence electrons. The van der Waals surface area contributed by atoms with E-state index in [0.29, 0.717) is 26.4 Å². The first-order chi connectivity index (χ1) is 16.8. The van der Waals surface area contributed by atoms with Crippen molar-refractivity contribution in [3.05, 3.63) is 108 Å². The van der Waals surface area contributed by atoms with Gasteiger partial charge in [0.25, 0.3) is 0 Å². The Labute approximate surface area is 201 Å². The molecule has 0 saturated carbocycles. The van der Waals surface area contributed by atoms with Gasteiger partial charge in [0.05, 0.1) is 44.6 Å². The quantitative estimate of drug-likeness (QED) is 0.493. The molecule has 0 unspecified atom stereocenters. The van der Waals surface area contributed by atoms with Crippen LogP contribution in [0.4, 0.5) is 0 Å². The molecule has 5 nitrogen and oxygen atoms in total. The van der Waals surface area contributed by atoms with E-state index in [0.717, 1.165) is 29.7 Å². The predicted octanol–water partition coefficient (Wildman–Crippen LogP) is 4.19. The second kappa shape index (κ2) is 11.3. The molecule has 5 heteroatoms. The van der Waals surface area contributed by atoms with Crippen molar-refractivity contribution in [3.63, 3.8) is 0 Å².